The number of nitrogens with one attached hydrogen (secondary N) is 2. The number of alkyl carbamates (subject to hydrolysis) is 1. The van der Waals surface area contributed by atoms with Crippen molar-refractivity contribution in [2.45, 2.75) is 50.3 Å². The minimum atomic E-state index is -3.94. The summed E-state index contributed by atoms with van der Waals surface area (Å²) in [6.45, 7) is 6.64. The van der Waals surface area contributed by atoms with Crippen LogP contribution in [0.1, 0.15) is 26.3 Å². The van der Waals surface area contributed by atoms with E-state index in [4.69, 9.17) is 8.92 Å². The van der Waals surface area contributed by atoms with Crippen LogP contribution in [-0.2, 0) is 23.8 Å². The number of ether oxygens (including phenoxy) is 1. The van der Waals surface area contributed by atoms with Crippen molar-refractivity contribution in [1.82, 2.24) is 10.6 Å². The van der Waals surface area contributed by atoms with E-state index in [1.165, 1.54) is 12.1 Å². The molecule has 138 valence electrons. The number of aryl methyl sites for hydroxylation is 1. The topological polar surface area (TPSA) is 111 Å². The molecule has 1 aromatic rings. The van der Waals surface area contributed by atoms with Crippen molar-refractivity contribution in [3.8, 4) is 0 Å². The number of rotatable bonds is 5. The zero-order valence-electron chi connectivity index (χ0n) is 14.5. The standard InChI is InChI=1S/C16H22N2O6S/c1-10-5-7-11(8-6-10)25(21,22)23-9-12-13(14(19)17-12)18-15(20)24-16(2,3)4/h5-8,12-13H,9H2,1-4H3,(H,17,19)(H,18,20)/t12-,13+/m0/s1. The number of benzene rings is 1. The average Bonchev–Trinajstić information content (AvgIpc) is 2.48. The SMILES string of the molecule is Cc1ccc(S(=O)(=O)OC[C@@H]2NC(=O)[C@@H]2NC(=O)OC(C)(C)C)cc1. The molecule has 0 aliphatic carbocycles. The van der Waals surface area contributed by atoms with E-state index in [9.17, 15) is 18.0 Å². The first-order valence-corrected chi connectivity index (χ1v) is 9.15. The Morgan fingerprint density at radius 2 is 1.84 bits per heavy atom. The molecular formula is C16H22N2O6S. The van der Waals surface area contributed by atoms with Gasteiger partial charge in [-0.2, -0.15) is 8.42 Å². The minimum absolute atomic E-state index is 0.0281. The number of carbonyl (C=O) groups excluding carboxylic acids is 2. The Bertz CT molecular complexity index is 752. The molecule has 8 nitrogen and oxygen atoms in total. The molecule has 1 aliphatic rings. The lowest BCUT2D eigenvalue weighted by molar-refractivity contribution is -0.132. The summed E-state index contributed by atoms with van der Waals surface area (Å²) in [5.41, 5.74) is 0.220. The van der Waals surface area contributed by atoms with E-state index in [0.717, 1.165) is 5.56 Å². The normalized spacial score (nSPS) is 20.4. The van der Waals surface area contributed by atoms with Crippen molar-refractivity contribution >= 4 is 22.1 Å². The van der Waals surface area contributed by atoms with Gasteiger partial charge in [0.1, 0.15) is 11.6 Å². The van der Waals surface area contributed by atoms with E-state index in [-0.39, 0.29) is 11.5 Å². The molecular weight excluding hydrogens is 348 g/mol. The maximum Gasteiger partial charge on any atom is 0.408 e. The van der Waals surface area contributed by atoms with Crippen LogP contribution >= 0.6 is 0 Å². The molecule has 0 aromatic heterocycles. The maximum absolute atomic E-state index is 12.1. The zero-order chi connectivity index (χ0) is 18.8. The fourth-order valence-corrected chi connectivity index (χ4v) is 3.05. The third-order valence-corrected chi connectivity index (χ3v) is 4.69. The van der Waals surface area contributed by atoms with Gasteiger partial charge in [0.05, 0.1) is 17.5 Å². The molecule has 0 unspecified atom stereocenters. The molecule has 0 spiro atoms. The molecule has 9 heteroatoms. The van der Waals surface area contributed by atoms with E-state index < -0.39 is 39.8 Å². The van der Waals surface area contributed by atoms with E-state index in [0.29, 0.717) is 0 Å². The summed E-state index contributed by atoms with van der Waals surface area (Å²) < 4.78 is 34.3. The zero-order valence-corrected chi connectivity index (χ0v) is 15.3. The molecule has 2 atom stereocenters. The molecule has 1 fully saturated rings. The highest BCUT2D eigenvalue weighted by molar-refractivity contribution is 7.86. The average molecular weight is 370 g/mol. The van der Waals surface area contributed by atoms with Crippen molar-refractivity contribution < 1.29 is 26.9 Å². The summed E-state index contributed by atoms with van der Waals surface area (Å²) in [6, 6.07) is 4.66. The molecule has 2 amide bonds. The van der Waals surface area contributed by atoms with Crippen LogP contribution in [0.5, 0.6) is 0 Å². The van der Waals surface area contributed by atoms with Crippen molar-refractivity contribution in [3.63, 3.8) is 0 Å². The number of amides is 2. The summed E-state index contributed by atoms with van der Waals surface area (Å²) in [4.78, 5) is 23.4. The Kier molecular flexibility index (Phi) is 5.38. The summed E-state index contributed by atoms with van der Waals surface area (Å²) in [5, 5.41) is 4.90. The van der Waals surface area contributed by atoms with Crippen LogP contribution in [0.2, 0.25) is 0 Å². The second-order valence-electron chi connectivity index (χ2n) is 6.79. The Balaban J connectivity index is 1.93. The predicted octanol–water partition coefficient (Wildman–Crippen LogP) is 1.09. The van der Waals surface area contributed by atoms with Crippen LogP contribution in [0.4, 0.5) is 4.79 Å². The van der Waals surface area contributed by atoms with Crippen molar-refractivity contribution in [2.75, 3.05) is 6.61 Å². The lowest BCUT2D eigenvalue weighted by atomic mass is 10.0. The van der Waals surface area contributed by atoms with Gasteiger partial charge in [0.2, 0.25) is 5.91 Å². The first-order chi connectivity index (χ1) is 11.5. The van der Waals surface area contributed by atoms with Crippen molar-refractivity contribution in [2.24, 2.45) is 0 Å². The smallest absolute Gasteiger partial charge is 0.408 e. The highest BCUT2D eigenvalue weighted by Crippen LogP contribution is 2.16. The Morgan fingerprint density at radius 3 is 2.36 bits per heavy atom. The van der Waals surface area contributed by atoms with Crippen molar-refractivity contribution in [1.29, 1.82) is 0 Å². The summed E-state index contributed by atoms with van der Waals surface area (Å²) >= 11 is 0. The first-order valence-electron chi connectivity index (χ1n) is 7.74. The van der Waals surface area contributed by atoms with Crippen LogP contribution in [-0.4, -0.2) is 44.7 Å². The molecule has 1 aromatic carbocycles. The lowest BCUT2D eigenvalue weighted by Gasteiger charge is -2.36. The Labute approximate surface area is 147 Å². The van der Waals surface area contributed by atoms with Gasteiger partial charge < -0.3 is 15.4 Å². The molecule has 1 aliphatic heterocycles. The molecule has 1 heterocycles. The van der Waals surface area contributed by atoms with Crippen LogP contribution < -0.4 is 10.6 Å². The minimum Gasteiger partial charge on any atom is -0.444 e. The van der Waals surface area contributed by atoms with Gasteiger partial charge in [0.15, 0.2) is 0 Å². The second kappa shape index (κ2) is 7.01. The van der Waals surface area contributed by atoms with E-state index in [2.05, 4.69) is 10.6 Å². The van der Waals surface area contributed by atoms with Gasteiger partial charge in [0.25, 0.3) is 10.1 Å². The lowest BCUT2D eigenvalue weighted by Crippen LogP contribution is -2.70. The third-order valence-electron chi connectivity index (χ3n) is 3.40. The second-order valence-corrected chi connectivity index (χ2v) is 8.41. The molecule has 1 saturated heterocycles. The Morgan fingerprint density at radius 1 is 1.24 bits per heavy atom. The van der Waals surface area contributed by atoms with E-state index in [1.807, 2.05) is 6.92 Å². The van der Waals surface area contributed by atoms with Gasteiger partial charge in [0, 0.05) is 0 Å². The van der Waals surface area contributed by atoms with E-state index in [1.54, 1.807) is 32.9 Å². The predicted molar refractivity (Wildman–Crippen MR) is 89.4 cm³/mol. The van der Waals surface area contributed by atoms with E-state index >= 15 is 0 Å². The molecule has 25 heavy (non-hydrogen) atoms. The molecule has 0 radical (unpaired) electrons. The van der Waals surface area contributed by atoms with Gasteiger partial charge in [-0.3, -0.25) is 8.98 Å². The van der Waals surface area contributed by atoms with Crippen LogP contribution in [0.25, 0.3) is 0 Å². The number of hydrogen-bond donors (Lipinski definition) is 2. The number of carbonyl (C=O) groups is 2. The quantitative estimate of drug-likeness (QED) is 0.593. The Hall–Kier alpha value is -2.13. The summed E-state index contributed by atoms with van der Waals surface area (Å²) in [5.74, 6) is -0.424. The monoisotopic (exact) mass is 370 g/mol. The highest BCUT2D eigenvalue weighted by atomic mass is 32.2. The third kappa shape index (κ3) is 5.17. The molecule has 0 saturated carbocycles. The molecule has 2 N–H and O–H groups in total. The van der Waals surface area contributed by atoms with Gasteiger partial charge in [-0.15, -0.1) is 0 Å². The van der Waals surface area contributed by atoms with Crippen LogP contribution in [0.3, 0.4) is 0 Å². The van der Waals surface area contributed by atoms with Crippen molar-refractivity contribution in [3.05, 3.63) is 29.8 Å². The molecule has 2 rings (SSSR count). The van der Waals surface area contributed by atoms with Gasteiger partial charge >= 0.3 is 6.09 Å². The highest BCUT2D eigenvalue weighted by Gasteiger charge is 2.42. The first kappa shape index (κ1) is 19.2. The number of hydrogen-bond acceptors (Lipinski definition) is 6. The van der Waals surface area contributed by atoms with Gasteiger partial charge in [-0.05, 0) is 39.8 Å². The summed E-state index contributed by atoms with van der Waals surface area (Å²) in [7, 11) is -3.94. The largest absolute Gasteiger partial charge is 0.444 e. The maximum atomic E-state index is 12.1. The van der Waals surface area contributed by atoms with Crippen LogP contribution in [0, 0.1) is 6.92 Å². The number of β-lactam (4-membered cyclic amide) rings is 1. The fraction of sp³-hybridized carbons (Fsp3) is 0.500. The molecule has 0 bridgehead atoms. The van der Waals surface area contributed by atoms with Gasteiger partial charge in [-0.1, -0.05) is 17.7 Å². The summed E-state index contributed by atoms with van der Waals surface area (Å²) in [6.07, 6.45) is -0.751. The van der Waals surface area contributed by atoms with Crippen LogP contribution in [0.15, 0.2) is 29.2 Å². The fourth-order valence-electron chi connectivity index (χ4n) is 2.12. The van der Waals surface area contributed by atoms with Gasteiger partial charge in [-0.25, -0.2) is 4.79 Å².